The lowest BCUT2D eigenvalue weighted by Gasteiger charge is -2.18. The average Bonchev–Trinajstić information content (AvgIpc) is 2.77. The first-order valence-electron chi connectivity index (χ1n) is 10.1. The highest BCUT2D eigenvalue weighted by Crippen LogP contribution is 2.23. The molecule has 0 heterocycles. The molecule has 2 N–H and O–H groups in total. The van der Waals surface area contributed by atoms with Crippen LogP contribution in [0, 0.1) is 0 Å². The maximum Gasteiger partial charge on any atom is 0.256 e. The van der Waals surface area contributed by atoms with Crippen molar-refractivity contribution in [3.05, 3.63) is 76.8 Å². The maximum atomic E-state index is 12.9. The fourth-order valence-corrected chi connectivity index (χ4v) is 3.56. The van der Waals surface area contributed by atoms with Gasteiger partial charge in [0.05, 0.1) is 10.6 Å². The fraction of sp³-hybridized carbons (Fsp3) is 0.250. The minimum Gasteiger partial charge on any atom is -0.351 e. The molecule has 2 amide bonds. The van der Waals surface area contributed by atoms with Crippen LogP contribution < -0.4 is 10.6 Å². The second-order valence-corrected chi connectivity index (χ2v) is 7.37. The Hall–Kier alpha value is -2.89. The lowest BCUT2D eigenvalue weighted by Crippen LogP contribution is -2.34. The molecule has 3 aromatic rings. The zero-order valence-electron chi connectivity index (χ0n) is 17.2. The van der Waals surface area contributed by atoms with Crippen LogP contribution in [0.2, 0.25) is 5.02 Å². The molecule has 0 aliphatic heterocycles. The topological polar surface area (TPSA) is 61.4 Å². The number of rotatable bonds is 8. The zero-order valence-corrected chi connectivity index (χ0v) is 18.0. The highest BCUT2D eigenvalue weighted by Gasteiger charge is 2.14. The van der Waals surface area contributed by atoms with Crippen LogP contribution in [0.3, 0.4) is 0 Å². The molecule has 3 aromatic carbocycles. The third-order valence-corrected chi connectivity index (χ3v) is 5.44. The molecular weight excluding hydrogens is 398 g/mol. The van der Waals surface area contributed by atoms with Gasteiger partial charge in [-0.25, -0.2) is 0 Å². The van der Waals surface area contributed by atoms with Crippen molar-refractivity contribution in [2.24, 2.45) is 0 Å². The quantitative estimate of drug-likeness (QED) is 0.546. The van der Waals surface area contributed by atoms with Crippen LogP contribution in [-0.4, -0.2) is 42.9 Å². The summed E-state index contributed by atoms with van der Waals surface area (Å²) in [4.78, 5) is 27.7. The number of fused-ring (bicyclic) bond motifs is 1. The lowest BCUT2D eigenvalue weighted by atomic mass is 10.0. The standard InChI is InChI=1S/C24H26ClN3O2/c1-3-28(4-2)15-14-26-23(29)21-16-18(12-13-22(21)25)27-24(30)20-11-7-9-17-8-5-6-10-19(17)20/h5-13,16H,3-4,14-15H2,1-2H3,(H,26,29)(H,27,30). The number of hydrogen-bond donors (Lipinski definition) is 2. The summed E-state index contributed by atoms with van der Waals surface area (Å²) in [6, 6.07) is 18.3. The first-order valence-corrected chi connectivity index (χ1v) is 10.5. The minimum atomic E-state index is -0.256. The normalized spacial score (nSPS) is 10.9. The van der Waals surface area contributed by atoms with Gasteiger partial charge >= 0.3 is 0 Å². The van der Waals surface area contributed by atoms with Crippen LogP contribution in [0.1, 0.15) is 34.6 Å². The smallest absolute Gasteiger partial charge is 0.256 e. The minimum absolute atomic E-state index is 0.234. The number of likely N-dealkylation sites (N-methyl/N-ethyl adjacent to an activating group) is 1. The number of nitrogens with one attached hydrogen (secondary N) is 2. The van der Waals surface area contributed by atoms with Crippen molar-refractivity contribution in [3.63, 3.8) is 0 Å². The van der Waals surface area contributed by atoms with Crippen LogP contribution >= 0.6 is 11.6 Å². The van der Waals surface area contributed by atoms with Crippen molar-refractivity contribution in [1.29, 1.82) is 0 Å². The van der Waals surface area contributed by atoms with Gasteiger partial charge in [0.15, 0.2) is 0 Å². The molecule has 5 nitrogen and oxygen atoms in total. The molecule has 0 saturated heterocycles. The second-order valence-electron chi connectivity index (χ2n) is 6.96. The number of carbonyl (C=O) groups excluding carboxylic acids is 2. The summed E-state index contributed by atoms with van der Waals surface area (Å²) < 4.78 is 0. The van der Waals surface area contributed by atoms with Gasteiger partial charge in [0, 0.05) is 24.3 Å². The van der Waals surface area contributed by atoms with Crippen molar-refractivity contribution in [1.82, 2.24) is 10.2 Å². The van der Waals surface area contributed by atoms with E-state index in [1.807, 2.05) is 36.4 Å². The number of carbonyl (C=O) groups is 2. The molecule has 6 heteroatoms. The van der Waals surface area contributed by atoms with Crippen LogP contribution in [0.4, 0.5) is 5.69 Å². The van der Waals surface area contributed by atoms with Gasteiger partial charge < -0.3 is 15.5 Å². The second kappa shape index (κ2) is 10.2. The number of halogens is 1. The highest BCUT2D eigenvalue weighted by atomic mass is 35.5. The number of nitrogens with zero attached hydrogens (tertiary/aromatic N) is 1. The maximum absolute atomic E-state index is 12.9. The van der Waals surface area contributed by atoms with Crippen molar-refractivity contribution in [3.8, 4) is 0 Å². The molecule has 30 heavy (non-hydrogen) atoms. The molecule has 0 spiro atoms. The Balaban J connectivity index is 1.73. The molecule has 156 valence electrons. The Morgan fingerprint density at radius 3 is 2.40 bits per heavy atom. The van der Waals surface area contributed by atoms with Crippen LogP contribution in [-0.2, 0) is 0 Å². The van der Waals surface area contributed by atoms with Gasteiger partial charge in [0.1, 0.15) is 0 Å². The summed E-state index contributed by atoms with van der Waals surface area (Å²) in [5.41, 5.74) is 1.44. The van der Waals surface area contributed by atoms with E-state index in [0.717, 1.165) is 30.4 Å². The van der Waals surface area contributed by atoms with Gasteiger partial charge in [-0.2, -0.15) is 0 Å². The molecule has 0 aliphatic rings. The van der Waals surface area contributed by atoms with E-state index in [1.165, 1.54) is 0 Å². The summed E-state index contributed by atoms with van der Waals surface area (Å²) >= 11 is 6.23. The van der Waals surface area contributed by atoms with E-state index < -0.39 is 0 Å². The fourth-order valence-electron chi connectivity index (χ4n) is 3.36. The lowest BCUT2D eigenvalue weighted by molar-refractivity contribution is 0.0947. The van der Waals surface area contributed by atoms with E-state index in [9.17, 15) is 9.59 Å². The van der Waals surface area contributed by atoms with E-state index in [1.54, 1.807) is 24.3 Å². The van der Waals surface area contributed by atoms with Crippen LogP contribution in [0.15, 0.2) is 60.7 Å². The largest absolute Gasteiger partial charge is 0.351 e. The Kier molecular flexibility index (Phi) is 7.44. The van der Waals surface area contributed by atoms with E-state index in [2.05, 4.69) is 29.4 Å². The highest BCUT2D eigenvalue weighted by molar-refractivity contribution is 6.34. The van der Waals surface area contributed by atoms with Gasteiger partial charge in [-0.3, -0.25) is 9.59 Å². The molecule has 0 bridgehead atoms. The average molecular weight is 424 g/mol. The van der Waals surface area contributed by atoms with Crippen molar-refractivity contribution in [2.45, 2.75) is 13.8 Å². The van der Waals surface area contributed by atoms with E-state index >= 15 is 0 Å². The van der Waals surface area contributed by atoms with Gasteiger partial charge in [-0.15, -0.1) is 0 Å². The number of benzene rings is 3. The molecular formula is C24H26ClN3O2. The Bertz CT molecular complexity index is 1040. The van der Waals surface area contributed by atoms with Crippen molar-refractivity contribution >= 4 is 39.9 Å². The molecule has 0 unspecified atom stereocenters. The monoisotopic (exact) mass is 423 g/mol. The predicted octanol–water partition coefficient (Wildman–Crippen LogP) is 4.82. The zero-order chi connectivity index (χ0) is 21.5. The van der Waals surface area contributed by atoms with Crippen molar-refractivity contribution in [2.75, 3.05) is 31.5 Å². The molecule has 0 aromatic heterocycles. The Morgan fingerprint density at radius 2 is 1.63 bits per heavy atom. The van der Waals surface area contributed by atoms with E-state index in [4.69, 9.17) is 11.6 Å². The summed E-state index contributed by atoms with van der Waals surface area (Å²) in [5, 5.41) is 7.99. The Labute approximate surface area is 182 Å². The van der Waals surface area contributed by atoms with Crippen LogP contribution in [0.25, 0.3) is 10.8 Å². The molecule has 0 aliphatic carbocycles. The molecule has 0 atom stereocenters. The summed E-state index contributed by atoms with van der Waals surface area (Å²) in [6.45, 7) is 7.34. The van der Waals surface area contributed by atoms with Gasteiger partial charge in [-0.05, 0) is 48.1 Å². The predicted molar refractivity (Wildman–Crippen MR) is 123 cm³/mol. The molecule has 0 radical (unpaired) electrons. The number of hydrogen-bond acceptors (Lipinski definition) is 3. The molecule has 0 saturated carbocycles. The van der Waals surface area contributed by atoms with E-state index in [-0.39, 0.29) is 11.8 Å². The van der Waals surface area contributed by atoms with Crippen LogP contribution in [0.5, 0.6) is 0 Å². The van der Waals surface area contributed by atoms with Gasteiger partial charge in [0.2, 0.25) is 0 Å². The third-order valence-electron chi connectivity index (χ3n) is 5.11. The van der Waals surface area contributed by atoms with Crippen molar-refractivity contribution < 1.29 is 9.59 Å². The summed E-state index contributed by atoms with van der Waals surface area (Å²) in [6.07, 6.45) is 0. The van der Waals surface area contributed by atoms with Gasteiger partial charge in [0.25, 0.3) is 11.8 Å². The summed E-state index contributed by atoms with van der Waals surface area (Å²) in [7, 11) is 0. The summed E-state index contributed by atoms with van der Waals surface area (Å²) in [5.74, 6) is -0.490. The number of amides is 2. The van der Waals surface area contributed by atoms with E-state index in [0.29, 0.717) is 28.4 Å². The molecule has 3 rings (SSSR count). The van der Waals surface area contributed by atoms with Gasteiger partial charge in [-0.1, -0.05) is 61.8 Å². The SMILES string of the molecule is CCN(CC)CCNC(=O)c1cc(NC(=O)c2cccc3ccccc23)ccc1Cl. The number of anilines is 1. The first kappa shape index (κ1) is 21.8. The Morgan fingerprint density at radius 1 is 0.900 bits per heavy atom. The molecule has 0 fully saturated rings. The third kappa shape index (κ3) is 5.17. The first-order chi connectivity index (χ1) is 14.5.